The molecule has 0 bridgehead atoms. The van der Waals surface area contributed by atoms with Gasteiger partial charge in [0.2, 0.25) is 9.84 Å². The maximum Gasteiger partial charge on any atom is 0.253 e. The Bertz CT molecular complexity index is 1330. The van der Waals surface area contributed by atoms with Crippen LogP contribution in [0.5, 0.6) is 0 Å². The van der Waals surface area contributed by atoms with E-state index >= 15 is 0 Å². The number of nitrogens with zero attached hydrogens (tertiary/aromatic N) is 3. The number of aromatic nitrogens is 3. The van der Waals surface area contributed by atoms with E-state index in [2.05, 4.69) is 15.3 Å². The van der Waals surface area contributed by atoms with E-state index in [9.17, 15) is 17.6 Å². The quantitative estimate of drug-likeness (QED) is 0.532. The van der Waals surface area contributed by atoms with Crippen molar-refractivity contribution in [2.24, 2.45) is 0 Å². The monoisotopic (exact) mass is 424 g/mol. The molecule has 0 spiro atoms. The van der Waals surface area contributed by atoms with Gasteiger partial charge in [0.25, 0.3) is 5.91 Å². The van der Waals surface area contributed by atoms with Gasteiger partial charge in [-0.15, -0.1) is 0 Å². The molecule has 0 aliphatic heterocycles. The van der Waals surface area contributed by atoms with Gasteiger partial charge in [0.05, 0.1) is 27.6 Å². The van der Waals surface area contributed by atoms with Gasteiger partial charge in [-0.25, -0.2) is 17.8 Å². The zero-order valence-electron chi connectivity index (χ0n) is 15.9. The van der Waals surface area contributed by atoms with Gasteiger partial charge in [0, 0.05) is 24.8 Å². The van der Waals surface area contributed by atoms with Gasteiger partial charge in [-0.1, -0.05) is 0 Å². The Balaban J connectivity index is 1.47. The SMILES string of the molecule is Cc1cc(F)cc(S(=O)(=O)c2ccc(CNC(=O)c3ccc4nccn4c3)nc2)c1. The summed E-state index contributed by atoms with van der Waals surface area (Å²) in [5, 5.41) is 2.74. The van der Waals surface area contributed by atoms with Crippen molar-refractivity contribution >= 4 is 21.4 Å². The molecule has 0 fully saturated rings. The second-order valence-electron chi connectivity index (χ2n) is 6.75. The average Bonchev–Trinajstić information content (AvgIpc) is 3.19. The topological polar surface area (TPSA) is 93.4 Å². The predicted molar refractivity (Wildman–Crippen MR) is 107 cm³/mol. The van der Waals surface area contributed by atoms with Crippen molar-refractivity contribution < 1.29 is 17.6 Å². The Morgan fingerprint density at radius 2 is 1.93 bits per heavy atom. The van der Waals surface area contributed by atoms with Gasteiger partial charge in [-0.05, 0) is 55.0 Å². The van der Waals surface area contributed by atoms with Crippen molar-refractivity contribution in [3.05, 3.63) is 89.9 Å². The minimum absolute atomic E-state index is 0.0480. The van der Waals surface area contributed by atoms with E-state index in [0.29, 0.717) is 16.8 Å². The molecule has 3 aromatic heterocycles. The molecule has 0 saturated heterocycles. The molecule has 4 rings (SSSR count). The lowest BCUT2D eigenvalue weighted by Crippen LogP contribution is -2.23. The highest BCUT2D eigenvalue weighted by Crippen LogP contribution is 2.22. The molecule has 0 unspecified atom stereocenters. The molecule has 9 heteroatoms. The first-order valence-electron chi connectivity index (χ1n) is 9.01. The molecular formula is C21H17FN4O3S. The van der Waals surface area contributed by atoms with E-state index in [1.54, 1.807) is 42.0 Å². The number of carbonyl (C=O) groups is 1. The second kappa shape index (κ2) is 7.68. The Kier molecular flexibility index (Phi) is 5.04. The van der Waals surface area contributed by atoms with Crippen molar-refractivity contribution in [1.82, 2.24) is 19.7 Å². The molecule has 0 aliphatic rings. The molecule has 3 heterocycles. The highest BCUT2D eigenvalue weighted by Gasteiger charge is 2.19. The van der Waals surface area contributed by atoms with Gasteiger partial charge in [-0.3, -0.25) is 9.78 Å². The van der Waals surface area contributed by atoms with Gasteiger partial charge >= 0.3 is 0 Å². The number of imidazole rings is 1. The van der Waals surface area contributed by atoms with Crippen LogP contribution in [0.1, 0.15) is 21.6 Å². The third-order valence-corrected chi connectivity index (χ3v) is 6.23. The number of nitrogens with one attached hydrogen (secondary N) is 1. The maximum absolute atomic E-state index is 13.6. The van der Waals surface area contributed by atoms with Crippen LogP contribution >= 0.6 is 0 Å². The fraction of sp³-hybridized carbons (Fsp3) is 0.0952. The zero-order chi connectivity index (χ0) is 21.3. The van der Waals surface area contributed by atoms with Crippen molar-refractivity contribution in [3.8, 4) is 0 Å². The van der Waals surface area contributed by atoms with E-state index < -0.39 is 15.7 Å². The van der Waals surface area contributed by atoms with Crippen LogP contribution in [0.25, 0.3) is 5.65 Å². The molecule has 1 aromatic carbocycles. The first kappa shape index (κ1) is 19.7. The van der Waals surface area contributed by atoms with Crippen LogP contribution in [0.3, 0.4) is 0 Å². The Morgan fingerprint density at radius 1 is 1.10 bits per heavy atom. The van der Waals surface area contributed by atoms with Crippen LogP contribution < -0.4 is 5.32 Å². The van der Waals surface area contributed by atoms with Gasteiger partial charge in [0.1, 0.15) is 11.5 Å². The number of fused-ring (bicyclic) bond motifs is 1. The van der Waals surface area contributed by atoms with Crippen molar-refractivity contribution in [3.63, 3.8) is 0 Å². The number of halogens is 1. The fourth-order valence-electron chi connectivity index (χ4n) is 3.00. The Hall–Kier alpha value is -3.59. The summed E-state index contributed by atoms with van der Waals surface area (Å²) in [7, 11) is -3.89. The number of carbonyl (C=O) groups excluding carboxylic acids is 1. The normalized spacial score (nSPS) is 11.5. The van der Waals surface area contributed by atoms with Crippen LogP contribution in [0.15, 0.2) is 77.0 Å². The fourth-order valence-corrected chi connectivity index (χ4v) is 4.32. The van der Waals surface area contributed by atoms with Gasteiger partial charge in [-0.2, -0.15) is 0 Å². The van der Waals surface area contributed by atoms with Crippen LogP contribution in [-0.2, 0) is 16.4 Å². The number of sulfone groups is 1. The minimum atomic E-state index is -3.89. The molecule has 152 valence electrons. The van der Waals surface area contributed by atoms with Crippen molar-refractivity contribution in [2.45, 2.75) is 23.3 Å². The third-order valence-electron chi connectivity index (χ3n) is 4.51. The summed E-state index contributed by atoms with van der Waals surface area (Å²) in [6.45, 7) is 1.75. The van der Waals surface area contributed by atoms with Crippen LogP contribution in [-0.4, -0.2) is 28.7 Å². The van der Waals surface area contributed by atoms with E-state index in [1.807, 2.05) is 0 Å². The lowest BCUT2D eigenvalue weighted by molar-refractivity contribution is 0.0950. The average molecular weight is 424 g/mol. The largest absolute Gasteiger partial charge is 0.346 e. The molecule has 0 radical (unpaired) electrons. The summed E-state index contributed by atoms with van der Waals surface area (Å²) in [5.41, 5.74) is 2.19. The van der Waals surface area contributed by atoms with E-state index in [1.165, 1.54) is 30.5 Å². The number of rotatable bonds is 5. The second-order valence-corrected chi connectivity index (χ2v) is 8.70. The Labute approximate surface area is 172 Å². The first-order valence-corrected chi connectivity index (χ1v) is 10.5. The lowest BCUT2D eigenvalue weighted by Gasteiger charge is -2.08. The smallest absolute Gasteiger partial charge is 0.253 e. The highest BCUT2D eigenvalue weighted by molar-refractivity contribution is 7.91. The summed E-state index contributed by atoms with van der Waals surface area (Å²) >= 11 is 0. The lowest BCUT2D eigenvalue weighted by atomic mass is 10.2. The summed E-state index contributed by atoms with van der Waals surface area (Å²) in [4.78, 5) is 20.4. The molecule has 30 heavy (non-hydrogen) atoms. The number of amides is 1. The number of pyridine rings is 2. The number of aryl methyl sites for hydroxylation is 1. The third kappa shape index (κ3) is 3.92. The van der Waals surface area contributed by atoms with Gasteiger partial charge in [0.15, 0.2) is 0 Å². The summed E-state index contributed by atoms with van der Waals surface area (Å²) in [5.74, 6) is -0.908. The number of benzene rings is 1. The molecule has 0 aliphatic carbocycles. The number of hydrogen-bond donors (Lipinski definition) is 1. The van der Waals surface area contributed by atoms with Crippen LogP contribution in [0, 0.1) is 12.7 Å². The van der Waals surface area contributed by atoms with E-state index in [-0.39, 0.29) is 22.2 Å². The minimum Gasteiger partial charge on any atom is -0.346 e. The number of hydrogen-bond acceptors (Lipinski definition) is 5. The molecule has 0 saturated carbocycles. The van der Waals surface area contributed by atoms with E-state index in [0.717, 1.165) is 11.7 Å². The standard InChI is InChI=1S/C21H17FN4O3S/c1-14-8-16(22)10-19(9-14)30(28,29)18-4-3-17(24-12-18)11-25-21(27)15-2-5-20-23-6-7-26(20)13-15/h2-10,12-13H,11H2,1H3,(H,25,27). The molecular weight excluding hydrogens is 407 g/mol. The molecule has 1 N–H and O–H groups in total. The van der Waals surface area contributed by atoms with Crippen LogP contribution in [0.2, 0.25) is 0 Å². The van der Waals surface area contributed by atoms with Crippen molar-refractivity contribution in [1.29, 1.82) is 0 Å². The van der Waals surface area contributed by atoms with E-state index in [4.69, 9.17) is 0 Å². The Morgan fingerprint density at radius 3 is 2.67 bits per heavy atom. The first-order chi connectivity index (χ1) is 14.3. The molecule has 0 atom stereocenters. The van der Waals surface area contributed by atoms with Gasteiger partial charge < -0.3 is 9.72 Å². The molecule has 7 nitrogen and oxygen atoms in total. The zero-order valence-corrected chi connectivity index (χ0v) is 16.7. The predicted octanol–water partition coefficient (Wildman–Crippen LogP) is 2.94. The van der Waals surface area contributed by atoms with Crippen LogP contribution in [0.4, 0.5) is 4.39 Å². The summed E-state index contributed by atoms with van der Waals surface area (Å²) in [6.07, 6.45) is 6.25. The highest BCUT2D eigenvalue weighted by atomic mass is 32.2. The maximum atomic E-state index is 13.6. The molecule has 1 amide bonds. The molecule has 4 aromatic rings. The summed E-state index contributed by atoms with van der Waals surface area (Å²) < 4.78 is 40.7. The summed E-state index contributed by atoms with van der Waals surface area (Å²) in [6, 6.07) is 9.95. The van der Waals surface area contributed by atoms with Crippen molar-refractivity contribution in [2.75, 3.05) is 0 Å².